The number of amides is 1. The fourth-order valence-electron chi connectivity index (χ4n) is 3.63. The van der Waals surface area contributed by atoms with Gasteiger partial charge < -0.3 is 19.7 Å². The predicted molar refractivity (Wildman–Crippen MR) is 120 cm³/mol. The Balaban J connectivity index is 1.72. The molecule has 2 aromatic heterocycles. The van der Waals surface area contributed by atoms with Crippen molar-refractivity contribution in [1.82, 2.24) is 25.0 Å². The zero-order chi connectivity index (χ0) is 22.0. The summed E-state index contributed by atoms with van der Waals surface area (Å²) in [6.07, 6.45) is 2.61. The molecule has 1 aromatic carbocycles. The van der Waals surface area contributed by atoms with Gasteiger partial charge in [0.05, 0.1) is 22.8 Å². The molecule has 1 aliphatic rings. The molecular weight excluding hydrogens is 394 g/mol. The maximum absolute atomic E-state index is 13.1. The van der Waals surface area contributed by atoms with E-state index in [1.807, 2.05) is 56.9 Å². The third-order valence-corrected chi connectivity index (χ3v) is 5.21. The molecule has 0 bridgehead atoms. The highest BCUT2D eigenvalue weighted by Crippen LogP contribution is 2.35. The monoisotopic (exact) mass is 423 g/mol. The third kappa shape index (κ3) is 4.49. The molecule has 0 unspecified atom stereocenters. The number of hydrogen-bond donors (Lipinski definition) is 1. The second-order valence-corrected chi connectivity index (χ2v) is 8.25. The molecular formula is C23H29N5O3. The van der Waals surface area contributed by atoms with Gasteiger partial charge in [0, 0.05) is 18.2 Å². The summed E-state index contributed by atoms with van der Waals surface area (Å²) >= 11 is 0. The van der Waals surface area contributed by atoms with Crippen LogP contribution in [0.15, 0.2) is 30.5 Å². The largest absolute Gasteiger partial charge is 0.486 e. The van der Waals surface area contributed by atoms with E-state index in [-0.39, 0.29) is 11.9 Å². The quantitative estimate of drug-likeness (QED) is 0.588. The Kier molecular flexibility index (Phi) is 6.08. The number of carbonyl (C=O) groups is 1. The molecule has 164 valence electrons. The number of rotatable bonds is 7. The topological polar surface area (TPSA) is 81.5 Å². The Bertz CT molecular complexity index is 1090. The molecule has 4 rings (SSSR count). The highest BCUT2D eigenvalue weighted by molar-refractivity contribution is 6.06. The summed E-state index contributed by atoms with van der Waals surface area (Å²) in [6.45, 7) is 6.68. The number of benzene rings is 1. The lowest BCUT2D eigenvalue weighted by Crippen LogP contribution is -2.27. The van der Waals surface area contributed by atoms with Gasteiger partial charge in [0.2, 0.25) is 0 Å². The van der Waals surface area contributed by atoms with Crippen LogP contribution < -0.4 is 14.8 Å². The summed E-state index contributed by atoms with van der Waals surface area (Å²) in [5, 5.41) is 8.27. The Morgan fingerprint density at radius 3 is 2.71 bits per heavy atom. The average molecular weight is 424 g/mol. The molecule has 0 saturated carbocycles. The van der Waals surface area contributed by atoms with E-state index in [4.69, 9.17) is 14.5 Å². The second-order valence-electron chi connectivity index (χ2n) is 8.25. The summed E-state index contributed by atoms with van der Waals surface area (Å²) in [4.78, 5) is 20.0. The molecule has 0 saturated heterocycles. The maximum atomic E-state index is 13.1. The molecule has 0 atom stereocenters. The van der Waals surface area contributed by atoms with Crippen molar-refractivity contribution in [2.75, 3.05) is 40.4 Å². The molecule has 8 heteroatoms. The number of pyridine rings is 1. The zero-order valence-corrected chi connectivity index (χ0v) is 18.5. The van der Waals surface area contributed by atoms with Crippen molar-refractivity contribution in [3.05, 3.63) is 36.0 Å². The maximum Gasteiger partial charge on any atom is 0.252 e. The molecule has 8 nitrogen and oxygen atoms in total. The van der Waals surface area contributed by atoms with E-state index in [1.165, 1.54) is 0 Å². The summed E-state index contributed by atoms with van der Waals surface area (Å²) in [5.74, 6) is 1.30. The Labute approximate surface area is 182 Å². The lowest BCUT2D eigenvalue weighted by molar-refractivity contribution is 0.0954. The van der Waals surface area contributed by atoms with Crippen LogP contribution in [0.5, 0.6) is 11.5 Å². The molecule has 1 aliphatic heterocycles. The predicted octanol–water partition coefficient (Wildman–Crippen LogP) is 3.13. The Hall–Kier alpha value is -3.13. The highest BCUT2D eigenvalue weighted by atomic mass is 16.6. The van der Waals surface area contributed by atoms with Crippen LogP contribution in [0.2, 0.25) is 0 Å². The van der Waals surface area contributed by atoms with E-state index in [1.54, 1.807) is 6.20 Å². The van der Waals surface area contributed by atoms with Gasteiger partial charge in [0.25, 0.3) is 5.91 Å². The number of ether oxygens (including phenoxy) is 2. The smallest absolute Gasteiger partial charge is 0.252 e. The van der Waals surface area contributed by atoms with Gasteiger partial charge in [-0.15, -0.1) is 0 Å². The number of fused-ring (bicyclic) bond motifs is 2. The van der Waals surface area contributed by atoms with Gasteiger partial charge in [-0.05, 0) is 65.2 Å². The van der Waals surface area contributed by atoms with E-state index in [0.717, 1.165) is 29.7 Å². The fraction of sp³-hybridized carbons (Fsp3) is 0.435. The van der Waals surface area contributed by atoms with Crippen LogP contribution in [0, 0.1) is 0 Å². The zero-order valence-electron chi connectivity index (χ0n) is 18.5. The first-order chi connectivity index (χ1) is 14.9. The minimum absolute atomic E-state index is 0.117. The summed E-state index contributed by atoms with van der Waals surface area (Å²) in [7, 11) is 4.04. The first kappa shape index (κ1) is 21.1. The SMILES string of the molecule is CC(C)n1ncc2c(C(=O)NCCCN(C)C)cc(-c3ccc4c(c3)OCCO4)nc21. The van der Waals surface area contributed by atoms with E-state index < -0.39 is 0 Å². The highest BCUT2D eigenvalue weighted by Gasteiger charge is 2.20. The molecule has 0 spiro atoms. The van der Waals surface area contributed by atoms with Gasteiger partial charge in [-0.25, -0.2) is 9.67 Å². The van der Waals surface area contributed by atoms with Crippen LogP contribution >= 0.6 is 0 Å². The van der Waals surface area contributed by atoms with Gasteiger partial charge in [-0.2, -0.15) is 5.10 Å². The third-order valence-electron chi connectivity index (χ3n) is 5.21. The van der Waals surface area contributed by atoms with Crippen molar-refractivity contribution in [2.24, 2.45) is 0 Å². The number of nitrogens with zero attached hydrogens (tertiary/aromatic N) is 4. The van der Waals surface area contributed by atoms with Crippen LogP contribution in [0.1, 0.15) is 36.7 Å². The Morgan fingerprint density at radius 1 is 1.19 bits per heavy atom. The molecule has 3 aromatic rings. The molecule has 3 heterocycles. The van der Waals surface area contributed by atoms with Crippen LogP contribution in [-0.2, 0) is 0 Å². The lowest BCUT2D eigenvalue weighted by atomic mass is 10.1. The molecule has 1 amide bonds. The van der Waals surface area contributed by atoms with E-state index >= 15 is 0 Å². The molecule has 0 aliphatic carbocycles. The summed E-state index contributed by atoms with van der Waals surface area (Å²) in [6, 6.07) is 7.70. The normalized spacial score (nSPS) is 13.2. The summed E-state index contributed by atoms with van der Waals surface area (Å²) in [5.41, 5.74) is 2.84. The minimum Gasteiger partial charge on any atom is -0.486 e. The van der Waals surface area contributed by atoms with Crippen molar-refractivity contribution in [2.45, 2.75) is 26.3 Å². The van der Waals surface area contributed by atoms with E-state index in [9.17, 15) is 4.79 Å². The number of aromatic nitrogens is 3. The molecule has 0 radical (unpaired) electrons. The number of hydrogen-bond acceptors (Lipinski definition) is 6. The van der Waals surface area contributed by atoms with Crippen LogP contribution in [0.25, 0.3) is 22.3 Å². The van der Waals surface area contributed by atoms with Crippen molar-refractivity contribution in [1.29, 1.82) is 0 Å². The standard InChI is InChI=1S/C23H29N5O3/c1-15(2)28-22-18(14-25-28)17(23(29)24-8-5-9-27(3)4)13-19(26-22)16-6-7-20-21(12-16)31-11-10-30-20/h6-7,12-15H,5,8-11H2,1-4H3,(H,24,29). The van der Waals surface area contributed by atoms with Crippen molar-refractivity contribution >= 4 is 16.9 Å². The van der Waals surface area contributed by atoms with Crippen molar-refractivity contribution in [3.63, 3.8) is 0 Å². The van der Waals surface area contributed by atoms with Crippen LogP contribution in [-0.4, -0.2) is 66.0 Å². The first-order valence-electron chi connectivity index (χ1n) is 10.6. The number of carbonyl (C=O) groups excluding carboxylic acids is 1. The number of nitrogens with one attached hydrogen (secondary N) is 1. The van der Waals surface area contributed by atoms with Gasteiger partial charge in [0.15, 0.2) is 17.1 Å². The second kappa shape index (κ2) is 8.93. The van der Waals surface area contributed by atoms with Gasteiger partial charge in [-0.3, -0.25) is 4.79 Å². The molecule has 1 N–H and O–H groups in total. The molecule has 0 fully saturated rings. The van der Waals surface area contributed by atoms with Gasteiger partial charge in [-0.1, -0.05) is 0 Å². The van der Waals surface area contributed by atoms with Gasteiger partial charge >= 0.3 is 0 Å². The minimum atomic E-state index is -0.117. The molecule has 31 heavy (non-hydrogen) atoms. The lowest BCUT2D eigenvalue weighted by Gasteiger charge is -2.19. The first-order valence-corrected chi connectivity index (χ1v) is 10.6. The van der Waals surface area contributed by atoms with Gasteiger partial charge in [0.1, 0.15) is 13.2 Å². The van der Waals surface area contributed by atoms with Crippen molar-refractivity contribution in [3.8, 4) is 22.8 Å². The average Bonchev–Trinajstić information content (AvgIpc) is 3.19. The van der Waals surface area contributed by atoms with E-state index in [0.29, 0.717) is 42.4 Å². The van der Waals surface area contributed by atoms with Crippen molar-refractivity contribution < 1.29 is 14.3 Å². The van der Waals surface area contributed by atoms with E-state index in [2.05, 4.69) is 15.3 Å². The van der Waals surface area contributed by atoms with Crippen LogP contribution in [0.3, 0.4) is 0 Å². The summed E-state index contributed by atoms with van der Waals surface area (Å²) < 4.78 is 13.2. The Morgan fingerprint density at radius 2 is 1.97 bits per heavy atom. The fourth-order valence-corrected chi connectivity index (χ4v) is 3.63. The van der Waals surface area contributed by atoms with Crippen LogP contribution in [0.4, 0.5) is 0 Å².